The Balaban J connectivity index is 1.31. The van der Waals surface area contributed by atoms with Gasteiger partial charge in [-0.2, -0.15) is 0 Å². The fourth-order valence-electron chi connectivity index (χ4n) is 4.24. The summed E-state index contributed by atoms with van der Waals surface area (Å²) < 4.78 is 12.8. The number of carbonyl (C=O) groups excluding carboxylic acids is 1. The van der Waals surface area contributed by atoms with Crippen LogP contribution in [0.1, 0.15) is 23.6 Å². The van der Waals surface area contributed by atoms with Crippen molar-refractivity contribution in [2.45, 2.75) is 25.4 Å². The van der Waals surface area contributed by atoms with E-state index in [-0.39, 0.29) is 11.4 Å². The van der Waals surface area contributed by atoms with E-state index in [9.17, 15) is 4.79 Å². The molecule has 0 spiro atoms. The number of benzene rings is 4. The Bertz CT molecular complexity index is 1460. The first kappa shape index (κ1) is 25.5. The zero-order valence-corrected chi connectivity index (χ0v) is 23.6. The van der Waals surface area contributed by atoms with Crippen LogP contribution in [0.2, 0.25) is 0 Å². The SMILES string of the molecule is CCc1ccc(N[C@@H]2NC(=O)/C(=C/c3cc(I)c(OCc4cccc5ccccc45)c(OC)c3)S2)cc1. The number of hydrogen-bond acceptors (Lipinski definition) is 5. The fourth-order valence-corrected chi connectivity index (χ4v) is 6.00. The molecule has 2 N–H and O–H groups in total. The largest absolute Gasteiger partial charge is 0.493 e. The van der Waals surface area contributed by atoms with Crippen molar-refractivity contribution < 1.29 is 14.3 Å². The summed E-state index contributed by atoms with van der Waals surface area (Å²) in [5, 5.41) is 8.73. The molecule has 1 amide bonds. The third-order valence-corrected chi connectivity index (χ3v) is 8.02. The van der Waals surface area contributed by atoms with Crippen LogP contribution in [0.15, 0.2) is 83.8 Å². The Labute approximate surface area is 234 Å². The number of carbonyl (C=O) groups is 1. The number of hydrogen-bond donors (Lipinski definition) is 2. The molecule has 188 valence electrons. The highest BCUT2D eigenvalue weighted by Gasteiger charge is 2.27. The van der Waals surface area contributed by atoms with Gasteiger partial charge >= 0.3 is 0 Å². The average Bonchev–Trinajstić information content (AvgIpc) is 3.26. The molecule has 0 unspecified atom stereocenters. The van der Waals surface area contributed by atoms with E-state index < -0.39 is 0 Å². The van der Waals surface area contributed by atoms with Crippen molar-refractivity contribution >= 4 is 62.8 Å². The summed E-state index contributed by atoms with van der Waals surface area (Å²) in [6.45, 7) is 2.56. The molecule has 37 heavy (non-hydrogen) atoms. The predicted molar refractivity (Wildman–Crippen MR) is 161 cm³/mol. The third kappa shape index (κ3) is 5.88. The first-order chi connectivity index (χ1) is 18.0. The van der Waals surface area contributed by atoms with Gasteiger partial charge in [-0.05, 0) is 86.8 Å². The van der Waals surface area contributed by atoms with Gasteiger partial charge in [0.25, 0.3) is 5.91 Å². The Morgan fingerprint density at radius 2 is 1.84 bits per heavy atom. The molecule has 4 aromatic rings. The number of nitrogens with one attached hydrogen (secondary N) is 2. The van der Waals surface area contributed by atoms with E-state index >= 15 is 0 Å². The van der Waals surface area contributed by atoms with Crippen LogP contribution in [0.4, 0.5) is 5.69 Å². The molecule has 1 fully saturated rings. The summed E-state index contributed by atoms with van der Waals surface area (Å²) in [5.74, 6) is 1.22. The Morgan fingerprint density at radius 3 is 2.62 bits per heavy atom. The normalized spacial score (nSPS) is 16.1. The lowest BCUT2D eigenvalue weighted by molar-refractivity contribution is -0.116. The Hall–Kier alpha value is -3.17. The van der Waals surface area contributed by atoms with Crippen molar-refractivity contribution in [2.75, 3.05) is 12.4 Å². The maximum Gasteiger partial charge on any atom is 0.260 e. The van der Waals surface area contributed by atoms with Gasteiger partial charge in [0.2, 0.25) is 0 Å². The monoisotopic (exact) mass is 622 g/mol. The minimum absolute atomic E-state index is 0.0991. The van der Waals surface area contributed by atoms with Crippen LogP contribution in [0.5, 0.6) is 11.5 Å². The minimum Gasteiger partial charge on any atom is -0.493 e. The second-order valence-electron chi connectivity index (χ2n) is 8.64. The Morgan fingerprint density at radius 1 is 1.05 bits per heavy atom. The van der Waals surface area contributed by atoms with Gasteiger partial charge in [-0.25, -0.2) is 0 Å². The van der Waals surface area contributed by atoms with Crippen molar-refractivity contribution in [1.82, 2.24) is 5.32 Å². The molecule has 0 aromatic heterocycles. The average molecular weight is 623 g/mol. The highest BCUT2D eigenvalue weighted by atomic mass is 127. The summed E-state index contributed by atoms with van der Waals surface area (Å²) in [5.41, 5.74) is 4.02. The molecule has 0 saturated carbocycles. The molecule has 4 aromatic carbocycles. The molecule has 1 atom stereocenters. The predicted octanol–water partition coefficient (Wildman–Crippen LogP) is 7.19. The van der Waals surface area contributed by atoms with E-state index in [1.807, 2.05) is 48.5 Å². The summed E-state index contributed by atoms with van der Waals surface area (Å²) in [6.07, 6.45) is 2.89. The molecule has 1 aliphatic rings. The molecular formula is C30H27IN2O3S. The maximum absolute atomic E-state index is 12.7. The van der Waals surface area contributed by atoms with Crippen LogP contribution in [0.3, 0.4) is 0 Å². The second-order valence-corrected chi connectivity index (χ2v) is 10.9. The highest BCUT2D eigenvalue weighted by molar-refractivity contribution is 14.1. The van der Waals surface area contributed by atoms with Crippen LogP contribution < -0.4 is 20.1 Å². The number of methoxy groups -OCH3 is 1. The van der Waals surface area contributed by atoms with Crippen LogP contribution in [0.25, 0.3) is 16.8 Å². The van der Waals surface area contributed by atoms with Crippen LogP contribution >= 0.6 is 34.4 Å². The lowest BCUT2D eigenvalue weighted by Crippen LogP contribution is -2.30. The number of fused-ring (bicyclic) bond motifs is 1. The van der Waals surface area contributed by atoms with Crippen LogP contribution in [-0.4, -0.2) is 18.5 Å². The smallest absolute Gasteiger partial charge is 0.260 e. The molecular weight excluding hydrogens is 595 g/mol. The second kappa shape index (κ2) is 11.5. The van der Waals surface area contributed by atoms with Crippen molar-refractivity contribution in [3.63, 3.8) is 0 Å². The summed E-state index contributed by atoms with van der Waals surface area (Å²) in [6, 6.07) is 26.7. The zero-order chi connectivity index (χ0) is 25.8. The summed E-state index contributed by atoms with van der Waals surface area (Å²) >= 11 is 3.72. The van der Waals surface area contributed by atoms with Crippen LogP contribution in [0, 0.1) is 3.57 Å². The molecule has 1 aliphatic heterocycles. The van der Waals surface area contributed by atoms with Crippen molar-refractivity contribution in [1.29, 1.82) is 0 Å². The Kier molecular flexibility index (Phi) is 7.90. The number of anilines is 1. The van der Waals surface area contributed by atoms with E-state index in [1.54, 1.807) is 7.11 Å². The highest BCUT2D eigenvalue weighted by Crippen LogP contribution is 2.37. The molecule has 5 nitrogen and oxygen atoms in total. The zero-order valence-electron chi connectivity index (χ0n) is 20.6. The number of amides is 1. The molecule has 1 saturated heterocycles. The van der Waals surface area contributed by atoms with Gasteiger partial charge in [0.15, 0.2) is 17.0 Å². The molecule has 0 aliphatic carbocycles. The van der Waals surface area contributed by atoms with Gasteiger partial charge in [0, 0.05) is 5.69 Å². The quantitative estimate of drug-likeness (QED) is 0.161. The number of rotatable bonds is 8. The fraction of sp³-hybridized carbons (Fsp3) is 0.167. The van der Waals surface area contributed by atoms with Crippen LogP contribution in [-0.2, 0) is 17.8 Å². The van der Waals surface area contributed by atoms with Crippen molar-refractivity contribution in [2.24, 2.45) is 0 Å². The van der Waals surface area contributed by atoms with E-state index in [2.05, 4.69) is 76.5 Å². The molecule has 7 heteroatoms. The lowest BCUT2D eigenvalue weighted by atomic mass is 10.1. The first-order valence-electron chi connectivity index (χ1n) is 12.1. The topological polar surface area (TPSA) is 59.6 Å². The number of ether oxygens (including phenoxy) is 2. The third-order valence-electron chi connectivity index (χ3n) is 6.19. The van der Waals surface area contributed by atoms with Gasteiger partial charge in [-0.1, -0.05) is 73.3 Å². The minimum atomic E-state index is -0.226. The number of halogens is 1. The van der Waals surface area contributed by atoms with Crippen molar-refractivity contribution in [3.8, 4) is 11.5 Å². The number of aryl methyl sites for hydroxylation is 1. The maximum atomic E-state index is 12.7. The van der Waals surface area contributed by atoms with Gasteiger partial charge in [-0.3, -0.25) is 4.79 Å². The van der Waals surface area contributed by atoms with Gasteiger partial charge in [0.05, 0.1) is 15.6 Å². The first-order valence-corrected chi connectivity index (χ1v) is 14.0. The van der Waals surface area contributed by atoms with E-state index in [4.69, 9.17) is 9.47 Å². The summed E-state index contributed by atoms with van der Waals surface area (Å²) in [4.78, 5) is 13.3. The molecule has 1 heterocycles. The molecule has 5 rings (SSSR count). The summed E-state index contributed by atoms with van der Waals surface area (Å²) in [7, 11) is 1.63. The lowest BCUT2D eigenvalue weighted by Gasteiger charge is -2.15. The molecule has 0 radical (unpaired) electrons. The van der Waals surface area contributed by atoms with Gasteiger partial charge < -0.3 is 20.1 Å². The van der Waals surface area contributed by atoms with Gasteiger partial charge in [0.1, 0.15) is 6.61 Å². The standard InChI is InChI=1S/C30H27IN2O3S/c1-3-19-11-13-23(14-12-19)32-30-33-29(34)27(37-30)17-20-15-25(31)28(26(16-20)35-2)36-18-22-9-6-8-21-7-4-5-10-24(21)22/h4-17,30,32H,3,18H2,1-2H3,(H,33,34)/b27-17-/t30-/m1/s1. The van der Waals surface area contributed by atoms with E-state index in [1.165, 1.54) is 28.1 Å². The van der Waals surface area contributed by atoms with Gasteiger partial charge in [-0.15, -0.1) is 0 Å². The van der Waals surface area contributed by atoms with Crippen molar-refractivity contribution in [3.05, 3.63) is 104 Å². The number of thioether (sulfide) groups is 1. The molecule has 0 bridgehead atoms. The van der Waals surface area contributed by atoms with E-state index in [0.717, 1.165) is 26.8 Å². The van der Waals surface area contributed by atoms with E-state index in [0.29, 0.717) is 23.0 Å².